The van der Waals surface area contributed by atoms with Crippen LogP contribution in [0.2, 0.25) is 5.15 Å². The Morgan fingerprint density at radius 3 is 2.80 bits per heavy atom. The third kappa shape index (κ3) is 2.66. The average molecular weight is 306 g/mol. The molecule has 3 aromatic rings. The molecule has 0 saturated carbocycles. The van der Waals surface area contributed by atoms with Gasteiger partial charge in [0.05, 0.1) is 16.8 Å². The van der Waals surface area contributed by atoms with Crippen LogP contribution in [0.4, 0.5) is 11.8 Å². The Bertz CT molecular complexity index is 704. The zero-order chi connectivity index (χ0) is 14.1. The van der Waals surface area contributed by atoms with Gasteiger partial charge in [0.2, 0.25) is 5.95 Å². The molecule has 0 fully saturated rings. The summed E-state index contributed by atoms with van der Waals surface area (Å²) in [6.45, 7) is 0.645. The summed E-state index contributed by atoms with van der Waals surface area (Å²) < 4.78 is 1.18. The lowest BCUT2D eigenvalue weighted by Crippen LogP contribution is -2.18. The van der Waals surface area contributed by atoms with Gasteiger partial charge in [-0.05, 0) is 12.1 Å². The third-order valence-corrected chi connectivity index (χ3v) is 4.02. The number of hydrogen-bond acceptors (Lipinski definition) is 6. The summed E-state index contributed by atoms with van der Waals surface area (Å²) in [5, 5.41) is 1.35. The molecule has 0 spiro atoms. The molecule has 0 atom stereocenters. The highest BCUT2D eigenvalue weighted by Crippen LogP contribution is 2.24. The lowest BCUT2D eigenvalue weighted by atomic mass is 10.3. The van der Waals surface area contributed by atoms with Crippen LogP contribution in [0, 0.1) is 0 Å². The van der Waals surface area contributed by atoms with Crippen molar-refractivity contribution in [2.45, 2.75) is 6.54 Å². The van der Waals surface area contributed by atoms with Gasteiger partial charge in [-0.3, -0.25) is 0 Å². The number of thiazole rings is 1. The summed E-state index contributed by atoms with van der Waals surface area (Å²) >= 11 is 7.56. The lowest BCUT2D eigenvalue weighted by molar-refractivity contribution is 0.887. The van der Waals surface area contributed by atoms with Gasteiger partial charge in [-0.2, -0.15) is 4.98 Å². The Hall–Kier alpha value is -1.92. The zero-order valence-corrected chi connectivity index (χ0v) is 12.3. The fourth-order valence-electron chi connectivity index (χ4n) is 1.89. The minimum Gasteiger partial charge on any atom is -0.368 e. The first-order valence-electron chi connectivity index (χ1n) is 5.97. The van der Waals surface area contributed by atoms with E-state index in [2.05, 4.69) is 21.0 Å². The highest BCUT2D eigenvalue weighted by Gasteiger charge is 2.10. The Balaban J connectivity index is 1.86. The van der Waals surface area contributed by atoms with E-state index in [1.807, 2.05) is 30.1 Å². The van der Waals surface area contributed by atoms with E-state index in [4.69, 9.17) is 17.3 Å². The van der Waals surface area contributed by atoms with Crippen LogP contribution in [-0.2, 0) is 6.54 Å². The number of anilines is 2. The first kappa shape index (κ1) is 13.1. The molecule has 0 amide bonds. The SMILES string of the molecule is CN(Cc1nc2ccccc2s1)c1cc(Cl)nc(N)n1. The predicted molar refractivity (Wildman–Crippen MR) is 83.2 cm³/mol. The normalized spacial score (nSPS) is 10.9. The van der Waals surface area contributed by atoms with E-state index < -0.39 is 0 Å². The van der Waals surface area contributed by atoms with Crippen molar-refractivity contribution >= 4 is 44.9 Å². The molecule has 0 aliphatic heterocycles. The second-order valence-corrected chi connectivity index (χ2v) is 5.84. The number of rotatable bonds is 3. The molecule has 20 heavy (non-hydrogen) atoms. The van der Waals surface area contributed by atoms with Crippen LogP contribution in [0.3, 0.4) is 0 Å². The van der Waals surface area contributed by atoms with E-state index in [0.29, 0.717) is 17.5 Å². The molecule has 5 nitrogen and oxygen atoms in total. The maximum absolute atomic E-state index is 5.89. The zero-order valence-electron chi connectivity index (χ0n) is 10.7. The van der Waals surface area contributed by atoms with Gasteiger partial charge in [0.15, 0.2) is 0 Å². The summed E-state index contributed by atoms with van der Waals surface area (Å²) in [6, 6.07) is 9.76. The first-order valence-corrected chi connectivity index (χ1v) is 7.17. The van der Waals surface area contributed by atoms with Gasteiger partial charge in [-0.1, -0.05) is 23.7 Å². The molecular formula is C13H12ClN5S. The molecule has 7 heteroatoms. The van der Waals surface area contributed by atoms with Gasteiger partial charge in [-0.15, -0.1) is 11.3 Å². The molecule has 0 bridgehead atoms. The van der Waals surface area contributed by atoms with Gasteiger partial charge < -0.3 is 10.6 Å². The van der Waals surface area contributed by atoms with Crippen molar-refractivity contribution in [2.75, 3.05) is 17.7 Å². The second-order valence-electron chi connectivity index (χ2n) is 4.34. The van der Waals surface area contributed by atoms with Crippen LogP contribution in [0.15, 0.2) is 30.3 Å². The second kappa shape index (κ2) is 5.22. The molecule has 102 valence electrons. The molecular weight excluding hydrogens is 294 g/mol. The number of aromatic nitrogens is 3. The molecule has 3 rings (SSSR count). The number of nitrogens with two attached hydrogens (primary N) is 1. The molecule has 0 aliphatic carbocycles. The van der Waals surface area contributed by atoms with Crippen molar-refractivity contribution in [1.82, 2.24) is 15.0 Å². The number of halogens is 1. The minimum atomic E-state index is 0.170. The number of nitrogens with zero attached hydrogens (tertiary/aromatic N) is 4. The van der Waals surface area contributed by atoms with Crippen LogP contribution >= 0.6 is 22.9 Å². The highest BCUT2D eigenvalue weighted by molar-refractivity contribution is 7.18. The summed E-state index contributed by atoms with van der Waals surface area (Å²) in [5.41, 5.74) is 6.62. The maximum Gasteiger partial charge on any atom is 0.223 e. The highest BCUT2D eigenvalue weighted by atomic mass is 35.5. The van der Waals surface area contributed by atoms with E-state index in [9.17, 15) is 0 Å². The van der Waals surface area contributed by atoms with Crippen molar-refractivity contribution in [2.24, 2.45) is 0 Å². The van der Waals surface area contributed by atoms with Crippen molar-refractivity contribution in [1.29, 1.82) is 0 Å². The largest absolute Gasteiger partial charge is 0.368 e. The first-order chi connectivity index (χ1) is 9.61. The fourth-order valence-corrected chi connectivity index (χ4v) is 3.09. The van der Waals surface area contributed by atoms with E-state index in [0.717, 1.165) is 10.5 Å². The quantitative estimate of drug-likeness (QED) is 0.753. The summed E-state index contributed by atoms with van der Waals surface area (Å²) in [4.78, 5) is 14.6. The molecule has 2 heterocycles. The number of hydrogen-bond donors (Lipinski definition) is 1. The maximum atomic E-state index is 5.89. The summed E-state index contributed by atoms with van der Waals surface area (Å²) in [7, 11) is 1.92. The van der Waals surface area contributed by atoms with Crippen molar-refractivity contribution in [3.63, 3.8) is 0 Å². The Kier molecular flexibility index (Phi) is 3.42. The van der Waals surface area contributed by atoms with E-state index in [1.54, 1.807) is 17.4 Å². The molecule has 0 unspecified atom stereocenters. The standard InChI is InChI=1S/C13H12ClN5S/c1-19(11-6-10(14)17-13(15)18-11)7-12-16-8-4-2-3-5-9(8)20-12/h2-6H,7H2,1H3,(H2,15,17,18). The number of benzene rings is 1. The number of nitrogen functional groups attached to an aromatic ring is 1. The topological polar surface area (TPSA) is 67.9 Å². The van der Waals surface area contributed by atoms with E-state index >= 15 is 0 Å². The van der Waals surface area contributed by atoms with Gasteiger partial charge in [-0.25, -0.2) is 9.97 Å². The van der Waals surface area contributed by atoms with Crippen LogP contribution in [-0.4, -0.2) is 22.0 Å². The summed E-state index contributed by atoms with van der Waals surface area (Å²) in [6.07, 6.45) is 0. The average Bonchev–Trinajstić information content (AvgIpc) is 2.79. The fraction of sp³-hybridized carbons (Fsp3) is 0.154. The van der Waals surface area contributed by atoms with Crippen LogP contribution in [0.25, 0.3) is 10.2 Å². The van der Waals surface area contributed by atoms with Gasteiger partial charge in [0.25, 0.3) is 0 Å². The summed E-state index contributed by atoms with van der Waals surface area (Å²) in [5.74, 6) is 0.852. The van der Waals surface area contributed by atoms with Crippen molar-refractivity contribution < 1.29 is 0 Å². The van der Waals surface area contributed by atoms with Crippen molar-refractivity contribution in [3.05, 3.63) is 40.5 Å². The Morgan fingerprint density at radius 2 is 2.05 bits per heavy atom. The lowest BCUT2D eigenvalue weighted by Gasteiger charge is -2.16. The number of para-hydroxylation sites is 1. The molecule has 1 aromatic carbocycles. The molecule has 2 aromatic heterocycles. The molecule has 0 radical (unpaired) electrons. The molecule has 0 saturated heterocycles. The van der Waals surface area contributed by atoms with Gasteiger partial charge in [0, 0.05) is 13.1 Å². The third-order valence-electron chi connectivity index (χ3n) is 2.80. The van der Waals surface area contributed by atoms with Gasteiger partial charge >= 0.3 is 0 Å². The molecule has 2 N–H and O–H groups in total. The van der Waals surface area contributed by atoms with Crippen LogP contribution < -0.4 is 10.6 Å². The minimum absolute atomic E-state index is 0.170. The van der Waals surface area contributed by atoms with Gasteiger partial charge in [0.1, 0.15) is 16.0 Å². The Labute approximate surface area is 125 Å². The monoisotopic (exact) mass is 305 g/mol. The van der Waals surface area contributed by atoms with Crippen LogP contribution in [0.5, 0.6) is 0 Å². The smallest absolute Gasteiger partial charge is 0.223 e. The molecule has 0 aliphatic rings. The Morgan fingerprint density at radius 1 is 1.25 bits per heavy atom. The van der Waals surface area contributed by atoms with E-state index in [1.165, 1.54) is 4.70 Å². The van der Waals surface area contributed by atoms with E-state index in [-0.39, 0.29) is 5.95 Å². The number of fused-ring (bicyclic) bond motifs is 1. The van der Waals surface area contributed by atoms with Crippen molar-refractivity contribution in [3.8, 4) is 0 Å². The predicted octanol–water partition coefficient (Wildman–Crippen LogP) is 2.96. The van der Waals surface area contributed by atoms with Crippen LogP contribution in [0.1, 0.15) is 5.01 Å².